The van der Waals surface area contributed by atoms with Gasteiger partial charge >= 0.3 is 0 Å². The van der Waals surface area contributed by atoms with Crippen molar-refractivity contribution in [2.24, 2.45) is 11.5 Å². The lowest BCUT2D eigenvalue weighted by atomic mass is 10.7. The van der Waals surface area contributed by atoms with E-state index in [1.807, 2.05) is 0 Å². The normalized spacial score (nSPS) is 7.20. The molecule has 0 aromatic carbocycles. The molecule has 0 amide bonds. The van der Waals surface area contributed by atoms with Crippen molar-refractivity contribution >= 4 is 0 Å². The molecule has 0 aliphatic carbocycles. The van der Waals surface area contributed by atoms with Crippen molar-refractivity contribution in [3.63, 3.8) is 0 Å². The number of nitrogens with two attached hydrogens (primary N) is 2. The topological polar surface area (TPSA) is 87.0 Å². The van der Waals surface area contributed by atoms with Crippen LogP contribution in [0, 0.1) is 0 Å². The van der Waals surface area contributed by atoms with Gasteiger partial charge < -0.3 is 17.6 Å². The highest BCUT2D eigenvalue weighted by Crippen LogP contribution is 1.41. The van der Waals surface area contributed by atoms with Gasteiger partial charge in [-0.05, 0) is 6.92 Å². The molecule has 0 rings (SSSR count). The van der Waals surface area contributed by atoms with E-state index in [9.17, 15) is 0 Å². The smallest absolute Gasteiger partial charge is 0.0491 e. The summed E-state index contributed by atoms with van der Waals surface area (Å²) in [4.78, 5) is 0. The van der Waals surface area contributed by atoms with E-state index >= 15 is 0 Å². The molecule has 0 spiro atoms. The molecule has 0 bridgehead atoms. The fourth-order valence-electron chi connectivity index (χ4n) is 0. The summed E-state index contributed by atoms with van der Waals surface area (Å²) in [5.74, 6) is 0. The van der Waals surface area contributed by atoms with Crippen molar-refractivity contribution in [1.29, 1.82) is 0 Å². The van der Waals surface area contributed by atoms with Crippen molar-refractivity contribution < 1.29 is 0 Å². The lowest BCUT2D eigenvalue weighted by Crippen LogP contribution is -2.25. The zero-order valence-electron chi connectivity index (χ0n) is 3.44. The van der Waals surface area contributed by atoms with Gasteiger partial charge in [0.1, 0.15) is 0 Å². The molecular formula is C2H11N3. The van der Waals surface area contributed by atoms with Crippen LogP contribution in [0.2, 0.25) is 0 Å². The summed E-state index contributed by atoms with van der Waals surface area (Å²) in [7, 11) is 0. The molecule has 0 atom stereocenters. The van der Waals surface area contributed by atoms with Crippen LogP contribution in [0.3, 0.4) is 0 Å². The molecule has 0 radical (unpaired) electrons. The first kappa shape index (κ1) is 8.86. The SMILES string of the molecule is CC(N)N.N. The predicted molar refractivity (Wildman–Crippen MR) is 22.9 cm³/mol. The molecule has 0 aliphatic heterocycles. The summed E-state index contributed by atoms with van der Waals surface area (Å²) in [6.07, 6.45) is -0.167. The maximum atomic E-state index is 4.89. The summed E-state index contributed by atoms with van der Waals surface area (Å²) in [5.41, 5.74) is 9.78. The van der Waals surface area contributed by atoms with Gasteiger partial charge in [-0.3, -0.25) is 0 Å². The monoisotopic (exact) mass is 77.1 g/mol. The molecule has 34 valence electrons. The third kappa shape index (κ3) is 952. The first-order valence-electron chi connectivity index (χ1n) is 1.24. The van der Waals surface area contributed by atoms with Crippen LogP contribution in [-0.4, -0.2) is 6.17 Å². The second-order valence-corrected chi connectivity index (χ2v) is 0.859. The van der Waals surface area contributed by atoms with E-state index < -0.39 is 0 Å². The van der Waals surface area contributed by atoms with Gasteiger partial charge in [0.25, 0.3) is 0 Å². The highest BCUT2D eigenvalue weighted by atomic mass is 14.8. The second kappa shape index (κ2) is 3.88. The van der Waals surface area contributed by atoms with E-state index in [2.05, 4.69) is 0 Å². The molecule has 5 heavy (non-hydrogen) atoms. The maximum Gasteiger partial charge on any atom is 0.0491 e. The Hall–Kier alpha value is -0.120. The quantitative estimate of drug-likeness (QED) is 0.338. The Labute approximate surface area is 31.9 Å². The summed E-state index contributed by atoms with van der Waals surface area (Å²) < 4.78 is 0. The van der Waals surface area contributed by atoms with Crippen LogP contribution in [-0.2, 0) is 0 Å². The van der Waals surface area contributed by atoms with E-state index in [0.717, 1.165) is 0 Å². The van der Waals surface area contributed by atoms with Crippen molar-refractivity contribution in [3.8, 4) is 0 Å². The minimum Gasteiger partial charge on any atom is -0.344 e. The molecule has 0 saturated heterocycles. The predicted octanol–water partition coefficient (Wildman–Crippen LogP) is -0.588. The van der Waals surface area contributed by atoms with E-state index in [-0.39, 0.29) is 12.3 Å². The Morgan fingerprint density at radius 3 is 1.40 bits per heavy atom. The Morgan fingerprint density at radius 1 is 1.40 bits per heavy atom. The van der Waals surface area contributed by atoms with Crippen molar-refractivity contribution in [2.75, 3.05) is 0 Å². The summed E-state index contributed by atoms with van der Waals surface area (Å²) in [6, 6.07) is 0. The molecule has 0 fully saturated rings. The zero-order chi connectivity index (χ0) is 3.58. The molecule has 0 aliphatic rings. The van der Waals surface area contributed by atoms with Gasteiger partial charge in [0.15, 0.2) is 0 Å². The standard InChI is InChI=1S/C2H8N2.H3N/c1-2(3)4;/h2H,3-4H2,1H3;1H3. The third-order valence-electron chi connectivity index (χ3n) is 0. The first-order chi connectivity index (χ1) is 1.73. The highest BCUT2D eigenvalue weighted by molar-refractivity contribution is 4.28. The summed E-state index contributed by atoms with van der Waals surface area (Å²) in [5, 5.41) is 0. The van der Waals surface area contributed by atoms with E-state index in [1.165, 1.54) is 0 Å². The minimum atomic E-state index is -0.167. The molecule has 7 N–H and O–H groups in total. The second-order valence-electron chi connectivity index (χ2n) is 0.859. The summed E-state index contributed by atoms with van der Waals surface area (Å²) in [6.45, 7) is 1.72. The molecular weight excluding hydrogens is 66.0 g/mol. The Balaban J connectivity index is 0. The van der Waals surface area contributed by atoms with Crippen LogP contribution in [0.1, 0.15) is 6.92 Å². The zero-order valence-corrected chi connectivity index (χ0v) is 3.44. The molecule has 0 heterocycles. The van der Waals surface area contributed by atoms with Gasteiger partial charge in [0.05, 0.1) is 0 Å². The fourth-order valence-corrected chi connectivity index (χ4v) is 0. The van der Waals surface area contributed by atoms with Crippen LogP contribution >= 0.6 is 0 Å². The van der Waals surface area contributed by atoms with Gasteiger partial charge in [0.2, 0.25) is 0 Å². The van der Waals surface area contributed by atoms with Gasteiger partial charge in [-0.25, -0.2) is 0 Å². The number of rotatable bonds is 0. The van der Waals surface area contributed by atoms with E-state index in [4.69, 9.17) is 11.5 Å². The Bertz CT molecular complexity index is 9.61. The van der Waals surface area contributed by atoms with Crippen LogP contribution in [0.25, 0.3) is 0 Å². The minimum absolute atomic E-state index is 0. The fraction of sp³-hybridized carbons (Fsp3) is 1.00. The van der Waals surface area contributed by atoms with Gasteiger partial charge in [-0.2, -0.15) is 0 Å². The number of hydrogen-bond donors (Lipinski definition) is 3. The molecule has 0 aromatic rings. The largest absolute Gasteiger partial charge is 0.344 e. The highest BCUT2D eigenvalue weighted by Gasteiger charge is 1.66. The lowest BCUT2D eigenvalue weighted by Gasteiger charge is -1.83. The lowest BCUT2D eigenvalue weighted by molar-refractivity contribution is 0.790. The molecule has 0 aromatic heterocycles. The third-order valence-corrected chi connectivity index (χ3v) is 0. The van der Waals surface area contributed by atoms with Crippen LogP contribution < -0.4 is 17.6 Å². The first-order valence-corrected chi connectivity index (χ1v) is 1.24. The van der Waals surface area contributed by atoms with Gasteiger partial charge in [-0.15, -0.1) is 0 Å². The molecule has 3 heteroatoms. The van der Waals surface area contributed by atoms with Crippen molar-refractivity contribution in [3.05, 3.63) is 0 Å². The average molecular weight is 77.1 g/mol. The average Bonchev–Trinajstić information content (AvgIpc) is 0.811. The van der Waals surface area contributed by atoms with Gasteiger partial charge in [0, 0.05) is 6.17 Å². The van der Waals surface area contributed by atoms with Crippen LogP contribution in [0.15, 0.2) is 0 Å². The van der Waals surface area contributed by atoms with E-state index in [1.54, 1.807) is 6.92 Å². The Morgan fingerprint density at radius 2 is 1.40 bits per heavy atom. The Kier molecular flexibility index (Phi) is 6.87. The molecule has 0 saturated carbocycles. The van der Waals surface area contributed by atoms with Crippen molar-refractivity contribution in [2.45, 2.75) is 13.1 Å². The van der Waals surface area contributed by atoms with E-state index in [0.29, 0.717) is 0 Å². The van der Waals surface area contributed by atoms with Crippen LogP contribution in [0.5, 0.6) is 0 Å². The number of hydrogen-bond acceptors (Lipinski definition) is 3. The summed E-state index contributed by atoms with van der Waals surface area (Å²) >= 11 is 0. The van der Waals surface area contributed by atoms with Gasteiger partial charge in [-0.1, -0.05) is 0 Å². The molecule has 0 unspecified atom stereocenters. The molecule has 3 nitrogen and oxygen atoms in total. The van der Waals surface area contributed by atoms with Crippen LogP contribution in [0.4, 0.5) is 0 Å². The maximum absolute atomic E-state index is 4.89. The van der Waals surface area contributed by atoms with Crippen molar-refractivity contribution in [1.82, 2.24) is 6.15 Å².